The third kappa shape index (κ3) is 5.50. The lowest BCUT2D eigenvalue weighted by molar-refractivity contribution is -0.119. The Kier molecular flexibility index (Phi) is 8.93. The van der Waals surface area contributed by atoms with Crippen molar-refractivity contribution >= 4 is 5.91 Å². The Morgan fingerprint density at radius 3 is 2.23 bits per heavy atom. The molecule has 1 rings (SSSR count). The van der Waals surface area contributed by atoms with Crippen LogP contribution in [0.15, 0.2) is 0 Å². The highest BCUT2D eigenvalue weighted by Gasteiger charge is 2.46. The summed E-state index contributed by atoms with van der Waals surface area (Å²) in [7, 11) is 0. The molecule has 1 saturated heterocycles. The maximum absolute atomic E-state index is 11.1. The predicted octanol–water partition coefficient (Wildman–Crippen LogP) is 0.250. The van der Waals surface area contributed by atoms with Crippen LogP contribution in [0.3, 0.4) is 0 Å². The number of amides is 1. The minimum absolute atomic E-state index is 0.159. The molecule has 1 heterocycles. The highest BCUT2D eigenvalue weighted by Crippen LogP contribution is 2.25. The van der Waals surface area contributed by atoms with E-state index in [0.29, 0.717) is 6.54 Å². The van der Waals surface area contributed by atoms with Crippen LogP contribution in [0.25, 0.3) is 0 Å². The summed E-state index contributed by atoms with van der Waals surface area (Å²) in [4.78, 5) is 13.0. The summed E-state index contributed by atoms with van der Waals surface area (Å²) in [5.74, 6) is -0.159. The molecule has 0 spiro atoms. The van der Waals surface area contributed by atoms with E-state index in [0.717, 1.165) is 19.4 Å². The number of nitrogens with zero attached hydrogens (tertiary/aromatic N) is 1. The summed E-state index contributed by atoms with van der Waals surface area (Å²) in [6.07, 6.45) is 5.06. The van der Waals surface area contributed by atoms with Gasteiger partial charge in [0, 0.05) is 13.5 Å². The Morgan fingerprint density at radius 1 is 1.05 bits per heavy atom. The number of aliphatic hydroxyl groups is 3. The third-order valence-electron chi connectivity index (χ3n) is 4.51. The Hall–Kier alpha value is -0.690. The van der Waals surface area contributed by atoms with E-state index in [-0.39, 0.29) is 18.6 Å². The normalized spacial score (nSPS) is 29.0. The number of hydrogen-bond donors (Lipinski definition) is 4. The van der Waals surface area contributed by atoms with Gasteiger partial charge in [-0.3, -0.25) is 9.69 Å². The van der Waals surface area contributed by atoms with Gasteiger partial charge in [-0.1, -0.05) is 39.0 Å². The van der Waals surface area contributed by atoms with Crippen molar-refractivity contribution in [2.75, 3.05) is 19.7 Å². The average Bonchev–Trinajstić information content (AvgIpc) is 2.71. The maximum Gasteiger partial charge on any atom is 0.216 e. The fraction of sp³-hybridized carbons (Fsp3) is 0.938. The second kappa shape index (κ2) is 10.2. The summed E-state index contributed by atoms with van der Waals surface area (Å²) < 4.78 is 0. The molecule has 0 aromatic heterocycles. The van der Waals surface area contributed by atoms with E-state index in [9.17, 15) is 20.1 Å². The Morgan fingerprint density at radius 2 is 1.64 bits per heavy atom. The first-order valence-corrected chi connectivity index (χ1v) is 8.50. The first-order chi connectivity index (χ1) is 10.5. The Balaban J connectivity index is 2.50. The second-order valence-corrected chi connectivity index (χ2v) is 6.24. The van der Waals surface area contributed by atoms with Crippen LogP contribution < -0.4 is 5.32 Å². The van der Waals surface area contributed by atoms with E-state index < -0.39 is 18.2 Å². The van der Waals surface area contributed by atoms with E-state index >= 15 is 0 Å². The van der Waals surface area contributed by atoms with Crippen LogP contribution in [0.4, 0.5) is 0 Å². The molecule has 1 unspecified atom stereocenters. The van der Waals surface area contributed by atoms with Crippen LogP contribution >= 0.6 is 0 Å². The van der Waals surface area contributed by atoms with Gasteiger partial charge < -0.3 is 20.6 Å². The van der Waals surface area contributed by atoms with Crippen LogP contribution in [-0.4, -0.2) is 70.1 Å². The van der Waals surface area contributed by atoms with Gasteiger partial charge in [-0.15, -0.1) is 0 Å². The lowest BCUT2D eigenvalue weighted by atomic mass is 10.1. The zero-order valence-electron chi connectivity index (χ0n) is 13.9. The van der Waals surface area contributed by atoms with Gasteiger partial charge in [-0.2, -0.15) is 0 Å². The quantitative estimate of drug-likeness (QED) is 0.434. The van der Waals surface area contributed by atoms with Crippen LogP contribution in [0, 0.1) is 0 Å². The zero-order valence-corrected chi connectivity index (χ0v) is 13.9. The van der Waals surface area contributed by atoms with Gasteiger partial charge in [0.1, 0.15) is 0 Å². The van der Waals surface area contributed by atoms with Gasteiger partial charge in [0.2, 0.25) is 5.91 Å². The van der Waals surface area contributed by atoms with Crippen molar-refractivity contribution < 1.29 is 20.1 Å². The Labute approximate surface area is 133 Å². The van der Waals surface area contributed by atoms with E-state index in [2.05, 4.69) is 12.2 Å². The minimum Gasteiger partial charge on any atom is -0.395 e. The fourth-order valence-corrected chi connectivity index (χ4v) is 3.20. The van der Waals surface area contributed by atoms with Crippen molar-refractivity contribution in [3.8, 4) is 0 Å². The highest BCUT2D eigenvalue weighted by atomic mass is 16.3. The zero-order chi connectivity index (χ0) is 16.5. The average molecular weight is 316 g/mol. The van der Waals surface area contributed by atoms with Crippen molar-refractivity contribution in [3.63, 3.8) is 0 Å². The summed E-state index contributed by atoms with van der Waals surface area (Å²) in [6, 6.07) is -0.795. The number of likely N-dealkylation sites (tertiary alicyclic amines) is 1. The molecule has 1 fully saturated rings. The van der Waals surface area contributed by atoms with Gasteiger partial charge >= 0.3 is 0 Å². The summed E-state index contributed by atoms with van der Waals surface area (Å²) in [5.41, 5.74) is 0. The number of nitrogens with one attached hydrogen (secondary N) is 1. The molecule has 0 aliphatic carbocycles. The monoisotopic (exact) mass is 316 g/mol. The van der Waals surface area contributed by atoms with Crippen LogP contribution in [0.1, 0.15) is 52.4 Å². The van der Waals surface area contributed by atoms with E-state index in [1.165, 1.54) is 32.6 Å². The number of unbranched alkanes of at least 4 members (excludes halogenated alkanes) is 5. The largest absolute Gasteiger partial charge is 0.395 e. The Bertz CT molecular complexity index is 327. The van der Waals surface area contributed by atoms with Crippen molar-refractivity contribution in [1.29, 1.82) is 0 Å². The summed E-state index contributed by atoms with van der Waals surface area (Å²) in [5, 5.41) is 32.4. The molecule has 4 N–H and O–H groups in total. The molecule has 0 saturated carbocycles. The molecule has 0 aromatic carbocycles. The number of carbonyl (C=O) groups is 1. The number of carbonyl (C=O) groups excluding carboxylic acids is 1. The molecule has 4 atom stereocenters. The molecule has 6 heteroatoms. The van der Waals surface area contributed by atoms with Crippen molar-refractivity contribution in [1.82, 2.24) is 10.2 Å². The van der Waals surface area contributed by atoms with E-state index in [1.54, 1.807) is 0 Å². The summed E-state index contributed by atoms with van der Waals surface area (Å²) in [6.45, 7) is 4.44. The predicted molar refractivity (Wildman–Crippen MR) is 85.4 cm³/mol. The van der Waals surface area contributed by atoms with Crippen molar-refractivity contribution in [2.45, 2.75) is 76.7 Å². The highest BCUT2D eigenvalue weighted by molar-refractivity contribution is 5.72. The first-order valence-electron chi connectivity index (χ1n) is 8.50. The molecule has 1 amide bonds. The molecule has 22 heavy (non-hydrogen) atoms. The lowest BCUT2D eigenvalue weighted by Crippen LogP contribution is -2.47. The molecule has 6 nitrogen and oxygen atoms in total. The van der Waals surface area contributed by atoms with Crippen molar-refractivity contribution in [3.05, 3.63) is 0 Å². The molecule has 130 valence electrons. The standard InChI is InChI=1S/C16H32N2O4/c1-3-4-5-6-7-8-9-18-13(10-17-12(2)20)15(21)16(22)14(18)11-19/h13-16,19,21-22H,3-11H2,1-2H3,(H,17,20)/t13?,14-,15-,16-/m1/s1. The molecule has 1 aliphatic rings. The van der Waals surface area contributed by atoms with Crippen LogP contribution in [0.5, 0.6) is 0 Å². The van der Waals surface area contributed by atoms with Gasteiger partial charge in [0.05, 0.1) is 30.9 Å². The number of aliphatic hydroxyl groups excluding tert-OH is 3. The molecular weight excluding hydrogens is 284 g/mol. The fourth-order valence-electron chi connectivity index (χ4n) is 3.20. The van der Waals surface area contributed by atoms with Gasteiger partial charge in [-0.05, 0) is 13.0 Å². The number of hydrogen-bond acceptors (Lipinski definition) is 5. The molecule has 1 aliphatic heterocycles. The van der Waals surface area contributed by atoms with E-state index in [4.69, 9.17) is 0 Å². The lowest BCUT2D eigenvalue weighted by Gasteiger charge is -2.29. The number of rotatable bonds is 10. The molecule has 0 radical (unpaired) electrons. The van der Waals surface area contributed by atoms with Gasteiger partial charge in [-0.25, -0.2) is 0 Å². The minimum atomic E-state index is -0.969. The maximum atomic E-state index is 11.1. The van der Waals surface area contributed by atoms with Crippen LogP contribution in [-0.2, 0) is 4.79 Å². The smallest absolute Gasteiger partial charge is 0.216 e. The van der Waals surface area contributed by atoms with Gasteiger partial charge in [0.15, 0.2) is 0 Å². The van der Waals surface area contributed by atoms with Crippen molar-refractivity contribution in [2.24, 2.45) is 0 Å². The second-order valence-electron chi connectivity index (χ2n) is 6.24. The van der Waals surface area contributed by atoms with E-state index in [1.807, 2.05) is 4.90 Å². The molecule has 0 bridgehead atoms. The SMILES string of the molecule is CCCCCCCCN1C(CNC(C)=O)[C@@H](O)[C@H](O)[C@H]1CO. The van der Waals surface area contributed by atoms with Gasteiger partial charge in [0.25, 0.3) is 0 Å². The molecular formula is C16H32N2O4. The third-order valence-corrected chi connectivity index (χ3v) is 4.51. The topological polar surface area (TPSA) is 93.0 Å². The van der Waals surface area contributed by atoms with Crippen LogP contribution in [0.2, 0.25) is 0 Å². The summed E-state index contributed by atoms with van der Waals surface area (Å²) >= 11 is 0. The molecule has 0 aromatic rings. The first kappa shape index (κ1) is 19.4.